The van der Waals surface area contributed by atoms with Crippen LogP contribution >= 0.6 is 0 Å². The van der Waals surface area contributed by atoms with Crippen molar-refractivity contribution in [3.8, 4) is 11.5 Å². The number of hydrogen-bond donors (Lipinski definition) is 2. The molecule has 0 saturated carbocycles. The maximum atomic E-state index is 12.6. The molecule has 0 aromatic heterocycles. The second-order valence-corrected chi connectivity index (χ2v) is 7.15. The molecule has 2 N–H and O–H groups in total. The third-order valence-electron chi connectivity index (χ3n) is 5.25. The van der Waals surface area contributed by atoms with Gasteiger partial charge in [0.2, 0.25) is 5.91 Å². The molecule has 8 heteroatoms. The summed E-state index contributed by atoms with van der Waals surface area (Å²) in [6.07, 6.45) is 0.415. The Kier molecular flexibility index (Phi) is 7.98. The molecule has 1 aliphatic heterocycles. The molecule has 8 nitrogen and oxygen atoms in total. The summed E-state index contributed by atoms with van der Waals surface area (Å²) in [6, 6.07) is 15.9. The highest BCUT2D eigenvalue weighted by Crippen LogP contribution is 2.29. The Morgan fingerprint density at radius 3 is 2.35 bits per heavy atom. The van der Waals surface area contributed by atoms with Gasteiger partial charge < -0.3 is 29.9 Å². The van der Waals surface area contributed by atoms with Gasteiger partial charge in [-0.05, 0) is 24.3 Å². The quantitative estimate of drug-likeness (QED) is 0.524. The standard InChI is InChI=1S/C23H31N5O3/c1-24-23(26-18-9-10-20(30-2)21(17-18)31-3)25-12-11-22(29)28-15-13-27(14-16-28)19-7-5-4-6-8-19/h4-10,17H,11-16H2,1-3H3,(H2,24,25,26). The smallest absolute Gasteiger partial charge is 0.224 e. The Morgan fingerprint density at radius 2 is 1.71 bits per heavy atom. The van der Waals surface area contributed by atoms with Gasteiger partial charge in [-0.3, -0.25) is 9.79 Å². The third kappa shape index (κ3) is 6.04. The van der Waals surface area contributed by atoms with Gasteiger partial charge in [-0.25, -0.2) is 0 Å². The van der Waals surface area contributed by atoms with Gasteiger partial charge >= 0.3 is 0 Å². The molecule has 3 rings (SSSR count). The van der Waals surface area contributed by atoms with Gasteiger partial charge in [0.25, 0.3) is 0 Å². The highest BCUT2D eigenvalue weighted by atomic mass is 16.5. The van der Waals surface area contributed by atoms with E-state index in [1.54, 1.807) is 21.3 Å². The van der Waals surface area contributed by atoms with Crippen molar-refractivity contribution in [1.82, 2.24) is 10.2 Å². The van der Waals surface area contributed by atoms with E-state index < -0.39 is 0 Å². The largest absolute Gasteiger partial charge is 0.493 e. The zero-order valence-electron chi connectivity index (χ0n) is 18.4. The molecule has 1 heterocycles. The zero-order valence-corrected chi connectivity index (χ0v) is 18.4. The lowest BCUT2D eigenvalue weighted by molar-refractivity contribution is -0.131. The van der Waals surface area contributed by atoms with Gasteiger partial charge in [0, 0.05) is 63.6 Å². The van der Waals surface area contributed by atoms with Crippen molar-refractivity contribution >= 4 is 23.2 Å². The first-order valence-corrected chi connectivity index (χ1v) is 10.4. The molecule has 1 fully saturated rings. The van der Waals surface area contributed by atoms with E-state index >= 15 is 0 Å². The molecule has 0 aliphatic carbocycles. The number of carbonyl (C=O) groups is 1. The fourth-order valence-electron chi connectivity index (χ4n) is 3.53. The minimum atomic E-state index is 0.154. The first-order chi connectivity index (χ1) is 15.1. The van der Waals surface area contributed by atoms with Crippen LogP contribution in [0, 0.1) is 0 Å². The van der Waals surface area contributed by atoms with E-state index in [-0.39, 0.29) is 5.91 Å². The Hall–Kier alpha value is -3.42. The molecular weight excluding hydrogens is 394 g/mol. The number of nitrogens with zero attached hydrogens (tertiary/aromatic N) is 3. The SMILES string of the molecule is CN=C(NCCC(=O)N1CCN(c2ccccc2)CC1)Nc1ccc(OC)c(OC)c1. The van der Waals surface area contributed by atoms with Crippen LogP contribution in [0.3, 0.4) is 0 Å². The van der Waals surface area contributed by atoms with Crippen LogP contribution in [0.2, 0.25) is 0 Å². The van der Waals surface area contributed by atoms with Crippen molar-refractivity contribution < 1.29 is 14.3 Å². The third-order valence-corrected chi connectivity index (χ3v) is 5.25. The average molecular weight is 426 g/mol. The molecule has 0 radical (unpaired) electrons. The number of ether oxygens (including phenoxy) is 2. The summed E-state index contributed by atoms with van der Waals surface area (Å²) < 4.78 is 10.6. The van der Waals surface area contributed by atoms with Gasteiger partial charge in [0.15, 0.2) is 17.5 Å². The van der Waals surface area contributed by atoms with Crippen molar-refractivity contribution in [3.05, 3.63) is 48.5 Å². The maximum Gasteiger partial charge on any atom is 0.224 e. The van der Waals surface area contributed by atoms with Gasteiger partial charge in [0.1, 0.15) is 0 Å². The van der Waals surface area contributed by atoms with Crippen LogP contribution in [-0.2, 0) is 4.79 Å². The molecule has 1 amide bonds. The van der Waals surface area contributed by atoms with Crippen LogP contribution < -0.4 is 25.0 Å². The molecule has 0 spiro atoms. The molecule has 0 unspecified atom stereocenters. The number of piperazine rings is 1. The summed E-state index contributed by atoms with van der Waals surface area (Å²) in [6.45, 7) is 3.70. The molecule has 0 bridgehead atoms. The highest BCUT2D eigenvalue weighted by Gasteiger charge is 2.20. The van der Waals surface area contributed by atoms with Gasteiger partial charge in [0.05, 0.1) is 14.2 Å². The first kappa shape index (κ1) is 22.3. The number of methoxy groups -OCH3 is 2. The van der Waals surface area contributed by atoms with Crippen LogP contribution in [-0.4, -0.2) is 70.8 Å². The highest BCUT2D eigenvalue weighted by molar-refractivity contribution is 5.94. The fourth-order valence-corrected chi connectivity index (χ4v) is 3.53. The lowest BCUT2D eigenvalue weighted by atomic mass is 10.2. The van der Waals surface area contributed by atoms with Gasteiger partial charge in [-0.2, -0.15) is 0 Å². The van der Waals surface area contributed by atoms with E-state index in [2.05, 4.69) is 32.7 Å². The van der Waals surface area contributed by atoms with E-state index in [1.165, 1.54) is 5.69 Å². The number of rotatable bonds is 7. The Balaban J connectivity index is 1.43. The summed E-state index contributed by atoms with van der Waals surface area (Å²) in [4.78, 5) is 21.1. The van der Waals surface area contributed by atoms with E-state index in [4.69, 9.17) is 9.47 Å². The molecule has 0 atom stereocenters. The summed E-state index contributed by atoms with van der Waals surface area (Å²) in [5.41, 5.74) is 2.02. The number of benzene rings is 2. The average Bonchev–Trinajstić information content (AvgIpc) is 2.83. The van der Waals surface area contributed by atoms with E-state index in [1.807, 2.05) is 41.3 Å². The second-order valence-electron chi connectivity index (χ2n) is 7.15. The van der Waals surface area contributed by atoms with Crippen molar-refractivity contribution in [2.75, 3.05) is 64.2 Å². The van der Waals surface area contributed by atoms with Crippen molar-refractivity contribution in [1.29, 1.82) is 0 Å². The predicted octanol–water partition coefficient (Wildman–Crippen LogP) is 2.43. The molecule has 1 saturated heterocycles. The Bertz CT molecular complexity index is 880. The molecule has 1 aliphatic rings. The zero-order chi connectivity index (χ0) is 22.1. The van der Waals surface area contributed by atoms with E-state index in [9.17, 15) is 4.79 Å². The Morgan fingerprint density at radius 1 is 1.00 bits per heavy atom. The van der Waals surface area contributed by atoms with Gasteiger partial charge in [-0.15, -0.1) is 0 Å². The minimum absolute atomic E-state index is 0.154. The minimum Gasteiger partial charge on any atom is -0.493 e. The number of nitrogens with one attached hydrogen (secondary N) is 2. The summed E-state index contributed by atoms with van der Waals surface area (Å²) in [5.74, 6) is 2.04. The Labute approximate surface area is 183 Å². The number of carbonyl (C=O) groups excluding carboxylic acids is 1. The molecule has 166 valence electrons. The number of amides is 1. The summed E-state index contributed by atoms with van der Waals surface area (Å²) in [7, 11) is 4.89. The van der Waals surface area contributed by atoms with Crippen LogP contribution in [0.25, 0.3) is 0 Å². The number of para-hydroxylation sites is 1. The van der Waals surface area contributed by atoms with Crippen molar-refractivity contribution in [2.45, 2.75) is 6.42 Å². The van der Waals surface area contributed by atoms with E-state index in [0.29, 0.717) is 30.4 Å². The number of hydrogen-bond acceptors (Lipinski definition) is 5. The van der Waals surface area contributed by atoms with Crippen molar-refractivity contribution in [3.63, 3.8) is 0 Å². The molecule has 2 aromatic rings. The normalized spacial score (nSPS) is 14.2. The van der Waals surface area contributed by atoms with Crippen LogP contribution in [0.4, 0.5) is 11.4 Å². The van der Waals surface area contributed by atoms with Crippen LogP contribution in [0.15, 0.2) is 53.5 Å². The first-order valence-electron chi connectivity index (χ1n) is 10.4. The summed E-state index contributed by atoms with van der Waals surface area (Å²) in [5, 5.41) is 6.40. The topological polar surface area (TPSA) is 78.4 Å². The summed E-state index contributed by atoms with van der Waals surface area (Å²) >= 11 is 0. The number of guanidine groups is 1. The van der Waals surface area contributed by atoms with E-state index in [0.717, 1.165) is 31.9 Å². The lowest BCUT2D eigenvalue weighted by Crippen LogP contribution is -2.49. The lowest BCUT2D eigenvalue weighted by Gasteiger charge is -2.36. The van der Waals surface area contributed by atoms with Crippen LogP contribution in [0.5, 0.6) is 11.5 Å². The van der Waals surface area contributed by atoms with Gasteiger partial charge in [-0.1, -0.05) is 18.2 Å². The van der Waals surface area contributed by atoms with Crippen molar-refractivity contribution in [2.24, 2.45) is 4.99 Å². The molecule has 31 heavy (non-hydrogen) atoms. The second kappa shape index (κ2) is 11.1. The number of anilines is 2. The maximum absolute atomic E-state index is 12.6. The molecular formula is C23H31N5O3. The predicted molar refractivity (Wildman–Crippen MR) is 124 cm³/mol. The van der Waals surface area contributed by atoms with Crippen LogP contribution in [0.1, 0.15) is 6.42 Å². The molecule has 2 aromatic carbocycles. The fraction of sp³-hybridized carbons (Fsp3) is 0.391. The monoisotopic (exact) mass is 425 g/mol. The number of aliphatic imine (C=N–C) groups is 1.